The van der Waals surface area contributed by atoms with Crippen LogP contribution < -0.4 is 10.6 Å². The van der Waals surface area contributed by atoms with E-state index in [0.717, 1.165) is 45.3 Å². The number of rotatable bonds is 4. The molecule has 0 saturated carbocycles. The van der Waals surface area contributed by atoms with Crippen molar-refractivity contribution in [3.63, 3.8) is 0 Å². The Hall–Kier alpha value is -2.74. The first kappa shape index (κ1) is 19.6. The molecule has 2 fully saturated rings. The fourth-order valence-corrected chi connectivity index (χ4v) is 4.05. The number of benzene rings is 1. The summed E-state index contributed by atoms with van der Waals surface area (Å²) >= 11 is 0. The first-order valence-electron chi connectivity index (χ1n) is 10.5. The molecule has 0 radical (unpaired) electrons. The lowest BCUT2D eigenvalue weighted by molar-refractivity contribution is 0.0635. The standard InChI is InChI=1S/C21H28N6O2/c1-15-4-2-3-13-26(15)21(29)16-5-7-17(8-6-16)24-20(28)19-14-23-27(25-19)18-9-11-22-12-10-18/h5-8,14-15,18,22H,2-4,9-13H2,1H3,(H,24,28). The van der Waals surface area contributed by atoms with Gasteiger partial charge in [-0.15, -0.1) is 5.10 Å². The van der Waals surface area contributed by atoms with Crippen LogP contribution in [0.1, 0.15) is 65.9 Å². The first-order valence-corrected chi connectivity index (χ1v) is 10.5. The number of amides is 2. The summed E-state index contributed by atoms with van der Waals surface area (Å²) in [6.07, 6.45) is 6.72. The molecule has 4 rings (SSSR count). The van der Waals surface area contributed by atoms with E-state index >= 15 is 0 Å². The number of piperidine rings is 2. The van der Waals surface area contributed by atoms with Gasteiger partial charge in [0, 0.05) is 23.8 Å². The average Bonchev–Trinajstić information content (AvgIpc) is 3.25. The quantitative estimate of drug-likeness (QED) is 0.828. The van der Waals surface area contributed by atoms with E-state index in [2.05, 4.69) is 27.8 Å². The Morgan fingerprint density at radius 2 is 1.86 bits per heavy atom. The Labute approximate surface area is 170 Å². The molecule has 29 heavy (non-hydrogen) atoms. The van der Waals surface area contributed by atoms with Crippen LogP contribution in [0.3, 0.4) is 0 Å². The minimum absolute atomic E-state index is 0.0555. The van der Waals surface area contributed by atoms with Gasteiger partial charge in [-0.25, -0.2) is 0 Å². The van der Waals surface area contributed by atoms with E-state index in [-0.39, 0.29) is 23.9 Å². The summed E-state index contributed by atoms with van der Waals surface area (Å²) in [6, 6.07) is 7.57. The van der Waals surface area contributed by atoms with Crippen molar-refractivity contribution in [3.8, 4) is 0 Å². The molecule has 2 aliphatic heterocycles. The predicted octanol–water partition coefficient (Wildman–Crippen LogP) is 2.47. The van der Waals surface area contributed by atoms with Gasteiger partial charge in [0.25, 0.3) is 11.8 Å². The molecule has 3 heterocycles. The lowest BCUT2D eigenvalue weighted by Crippen LogP contribution is -2.42. The highest BCUT2D eigenvalue weighted by atomic mass is 16.2. The van der Waals surface area contributed by atoms with Gasteiger partial charge in [0.05, 0.1) is 12.2 Å². The van der Waals surface area contributed by atoms with Crippen LogP contribution >= 0.6 is 0 Å². The van der Waals surface area contributed by atoms with Crippen LogP contribution in [0.4, 0.5) is 5.69 Å². The number of likely N-dealkylation sites (tertiary alicyclic amines) is 1. The van der Waals surface area contributed by atoms with Crippen molar-refractivity contribution in [2.75, 3.05) is 25.0 Å². The minimum atomic E-state index is -0.297. The lowest BCUT2D eigenvalue weighted by Gasteiger charge is -2.33. The second-order valence-corrected chi connectivity index (χ2v) is 7.91. The van der Waals surface area contributed by atoms with E-state index in [1.54, 1.807) is 29.1 Å². The number of hydrogen-bond donors (Lipinski definition) is 2. The van der Waals surface area contributed by atoms with Crippen molar-refractivity contribution in [2.24, 2.45) is 0 Å². The Kier molecular flexibility index (Phi) is 5.89. The number of nitrogens with one attached hydrogen (secondary N) is 2. The summed E-state index contributed by atoms with van der Waals surface area (Å²) in [5, 5.41) is 14.8. The van der Waals surface area contributed by atoms with Gasteiger partial charge in [0.1, 0.15) is 0 Å². The molecule has 1 unspecified atom stereocenters. The number of aromatic nitrogens is 3. The molecule has 8 nitrogen and oxygen atoms in total. The van der Waals surface area contributed by atoms with E-state index in [1.165, 1.54) is 12.6 Å². The zero-order valence-corrected chi connectivity index (χ0v) is 16.8. The third-order valence-electron chi connectivity index (χ3n) is 5.83. The Balaban J connectivity index is 1.37. The van der Waals surface area contributed by atoms with E-state index in [1.807, 2.05) is 4.90 Å². The number of carbonyl (C=O) groups excluding carboxylic acids is 2. The summed E-state index contributed by atoms with van der Waals surface area (Å²) < 4.78 is 0. The summed E-state index contributed by atoms with van der Waals surface area (Å²) in [7, 11) is 0. The van der Waals surface area contributed by atoms with E-state index in [0.29, 0.717) is 16.9 Å². The molecule has 2 aliphatic rings. The molecule has 0 spiro atoms. The normalized spacial score (nSPS) is 20.4. The van der Waals surface area contributed by atoms with Gasteiger partial charge in [-0.2, -0.15) is 9.90 Å². The van der Waals surface area contributed by atoms with Crippen molar-refractivity contribution in [2.45, 2.75) is 51.1 Å². The predicted molar refractivity (Wildman–Crippen MR) is 110 cm³/mol. The summed E-state index contributed by atoms with van der Waals surface area (Å²) in [5.41, 5.74) is 1.58. The van der Waals surface area contributed by atoms with Crippen LogP contribution in [0.2, 0.25) is 0 Å². The molecule has 1 atom stereocenters. The topological polar surface area (TPSA) is 92.2 Å². The first-order chi connectivity index (χ1) is 14.1. The average molecular weight is 396 g/mol. The van der Waals surface area contributed by atoms with Crippen molar-refractivity contribution in [3.05, 3.63) is 41.7 Å². The van der Waals surface area contributed by atoms with Gasteiger partial charge in [-0.05, 0) is 76.4 Å². The molecule has 154 valence electrons. The Bertz CT molecular complexity index is 856. The van der Waals surface area contributed by atoms with Crippen LogP contribution in [0.15, 0.2) is 30.5 Å². The Morgan fingerprint density at radius 3 is 2.59 bits per heavy atom. The SMILES string of the molecule is CC1CCCCN1C(=O)c1ccc(NC(=O)c2cnn(C3CCNCC3)n2)cc1. The molecule has 8 heteroatoms. The summed E-state index contributed by atoms with van der Waals surface area (Å²) in [6.45, 7) is 4.79. The number of hydrogen-bond acceptors (Lipinski definition) is 5. The van der Waals surface area contributed by atoms with E-state index in [4.69, 9.17) is 0 Å². The van der Waals surface area contributed by atoms with Gasteiger partial charge in [0.15, 0.2) is 5.69 Å². The van der Waals surface area contributed by atoms with E-state index in [9.17, 15) is 9.59 Å². The molecular weight excluding hydrogens is 368 g/mol. The molecule has 1 aromatic carbocycles. The highest BCUT2D eigenvalue weighted by Crippen LogP contribution is 2.20. The zero-order chi connectivity index (χ0) is 20.2. The Morgan fingerprint density at radius 1 is 1.10 bits per heavy atom. The molecule has 0 aliphatic carbocycles. The fourth-order valence-electron chi connectivity index (χ4n) is 4.05. The zero-order valence-electron chi connectivity index (χ0n) is 16.8. The van der Waals surface area contributed by atoms with Crippen molar-refractivity contribution in [1.82, 2.24) is 25.2 Å². The van der Waals surface area contributed by atoms with Gasteiger partial charge in [0.2, 0.25) is 0 Å². The molecule has 2 N–H and O–H groups in total. The van der Waals surface area contributed by atoms with Crippen molar-refractivity contribution in [1.29, 1.82) is 0 Å². The fraction of sp³-hybridized carbons (Fsp3) is 0.524. The van der Waals surface area contributed by atoms with Crippen molar-refractivity contribution < 1.29 is 9.59 Å². The van der Waals surface area contributed by atoms with Crippen LogP contribution in [-0.4, -0.2) is 57.4 Å². The number of nitrogens with zero attached hydrogens (tertiary/aromatic N) is 4. The van der Waals surface area contributed by atoms with Gasteiger partial charge in [-0.3, -0.25) is 9.59 Å². The molecule has 2 amide bonds. The largest absolute Gasteiger partial charge is 0.336 e. The summed E-state index contributed by atoms with van der Waals surface area (Å²) in [5.74, 6) is -0.242. The van der Waals surface area contributed by atoms with Crippen LogP contribution in [-0.2, 0) is 0 Å². The minimum Gasteiger partial charge on any atom is -0.336 e. The van der Waals surface area contributed by atoms with Gasteiger partial charge >= 0.3 is 0 Å². The maximum atomic E-state index is 12.7. The second kappa shape index (κ2) is 8.73. The van der Waals surface area contributed by atoms with Crippen LogP contribution in [0.5, 0.6) is 0 Å². The monoisotopic (exact) mass is 396 g/mol. The number of carbonyl (C=O) groups is 2. The lowest BCUT2D eigenvalue weighted by atomic mass is 10.0. The van der Waals surface area contributed by atoms with Crippen molar-refractivity contribution >= 4 is 17.5 Å². The van der Waals surface area contributed by atoms with E-state index < -0.39 is 0 Å². The molecule has 1 aromatic heterocycles. The number of anilines is 1. The molecule has 2 saturated heterocycles. The van der Waals surface area contributed by atoms with Crippen LogP contribution in [0.25, 0.3) is 0 Å². The third-order valence-corrected chi connectivity index (χ3v) is 5.83. The maximum Gasteiger partial charge on any atom is 0.277 e. The maximum absolute atomic E-state index is 12.7. The molecular formula is C21H28N6O2. The highest BCUT2D eigenvalue weighted by molar-refractivity contribution is 6.03. The molecule has 0 bridgehead atoms. The van der Waals surface area contributed by atoms with Gasteiger partial charge < -0.3 is 15.5 Å². The third kappa shape index (κ3) is 4.48. The smallest absolute Gasteiger partial charge is 0.277 e. The summed E-state index contributed by atoms with van der Waals surface area (Å²) in [4.78, 5) is 28.8. The second-order valence-electron chi connectivity index (χ2n) is 7.91. The van der Waals surface area contributed by atoms with Gasteiger partial charge in [-0.1, -0.05) is 0 Å². The molecule has 2 aromatic rings. The van der Waals surface area contributed by atoms with Crippen LogP contribution in [0, 0.1) is 0 Å². The highest BCUT2D eigenvalue weighted by Gasteiger charge is 2.24.